The molecule has 6 aromatic carbocycles. The number of rotatable bonds is 2. The van der Waals surface area contributed by atoms with Gasteiger partial charge in [0.15, 0.2) is 5.82 Å². The lowest BCUT2D eigenvalue weighted by atomic mass is 9.74. The first-order valence-electron chi connectivity index (χ1n) is 15.4. The summed E-state index contributed by atoms with van der Waals surface area (Å²) in [6, 6.07) is 45.9. The Morgan fingerprint density at radius 3 is 2.27 bits per heavy atom. The average molecular weight is 594 g/mol. The van der Waals surface area contributed by atoms with Gasteiger partial charge in [-0.05, 0) is 52.2 Å². The number of thiophene rings is 1. The van der Waals surface area contributed by atoms with E-state index in [0.29, 0.717) is 0 Å². The minimum absolute atomic E-state index is 0.193. The van der Waals surface area contributed by atoms with Gasteiger partial charge in [-0.2, -0.15) is 0 Å². The number of fused-ring (bicyclic) bond motifs is 9. The van der Waals surface area contributed by atoms with Crippen LogP contribution in [-0.2, 0) is 5.41 Å². The fourth-order valence-electron chi connectivity index (χ4n) is 7.55. The van der Waals surface area contributed by atoms with Gasteiger partial charge >= 0.3 is 0 Å². The Balaban J connectivity index is 1.23. The molecule has 0 aliphatic carbocycles. The molecule has 0 fully saturated rings. The van der Waals surface area contributed by atoms with E-state index in [0.717, 1.165) is 33.5 Å². The second kappa shape index (κ2) is 8.87. The molecule has 4 heterocycles. The van der Waals surface area contributed by atoms with Crippen LogP contribution in [0.2, 0.25) is 0 Å². The maximum Gasteiger partial charge on any atom is 0.160 e. The zero-order valence-electron chi connectivity index (χ0n) is 24.9. The van der Waals surface area contributed by atoms with Crippen LogP contribution in [0.25, 0.3) is 81.2 Å². The van der Waals surface area contributed by atoms with Crippen molar-refractivity contribution in [2.24, 2.45) is 0 Å². The number of nitrogens with zero attached hydrogens (tertiary/aromatic N) is 3. The number of benzene rings is 6. The van der Waals surface area contributed by atoms with E-state index in [4.69, 9.17) is 9.97 Å². The summed E-state index contributed by atoms with van der Waals surface area (Å²) in [5.74, 6) is 0.746. The van der Waals surface area contributed by atoms with Gasteiger partial charge in [0.05, 0.1) is 22.4 Å². The first-order valence-corrected chi connectivity index (χ1v) is 16.2. The molecule has 10 rings (SSSR count). The lowest BCUT2D eigenvalue weighted by Gasteiger charge is -2.35. The van der Waals surface area contributed by atoms with Crippen LogP contribution < -0.4 is 0 Å². The third kappa shape index (κ3) is 3.40. The summed E-state index contributed by atoms with van der Waals surface area (Å²) in [5, 5.41) is 7.50. The molecule has 0 saturated carbocycles. The molecule has 45 heavy (non-hydrogen) atoms. The summed E-state index contributed by atoms with van der Waals surface area (Å²) in [6.07, 6.45) is 0. The van der Waals surface area contributed by atoms with Crippen molar-refractivity contribution >= 4 is 64.2 Å². The maximum atomic E-state index is 5.28. The minimum Gasteiger partial charge on any atom is -0.300 e. The molecule has 0 unspecified atom stereocenters. The number of para-hydroxylation sites is 2. The van der Waals surface area contributed by atoms with Gasteiger partial charge in [-0.3, -0.25) is 0 Å². The van der Waals surface area contributed by atoms with Crippen LogP contribution in [-0.4, -0.2) is 14.5 Å². The van der Waals surface area contributed by atoms with Crippen molar-refractivity contribution < 1.29 is 0 Å². The zero-order valence-corrected chi connectivity index (χ0v) is 25.7. The van der Waals surface area contributed by atoms with Crippen LogP contribution in [0.15, 0.2) is 127 Å². The normalized spacial score (nSPS) is 13.7. The third-order valence-corrected chi connectivity index (χ3v) is 10.9. The van der Waals surface area contributed by atoms with Crippen molar-refractivity contribution in [1.29, 1.82) is 0 Å². The molecule has 0 radical (unpaired) electrons. The van der Waals surface area contributed by atoms with E-state index in [1.165, 1.54) is 58.8 Å². The molecular formula is C41H27N3S. The average Bonchev–Trinajstić information content (AvgIpc) is 3.62. The van der Waals surface area contributed by atoms with Gasteiger partial charge in [-0.15, -0.1) is 11.3 Å². The summed E-state index contributed by atoms with van der Waals surface area (Å²) in [7, 11) is 0. The molecule has 0 atom stereocenters. The Morgan fingerprint density at radius 1 is 0.600 bits per heavy atom. The summed E-state index contributed by atoms with van der Waals surface area (Å²) in [4.78, 5) is 11.6. The van der Waals surface area contributed by atoms with Crippen LogP contribution in [0.5, 0.6) is 0 Å². The second-order valence-corrected chi connectivity index (χ2v) is 13.7. The van der Waals surface area contributed by atoms with E-state index < -0.39 is 0 Å². The van der Waals surface area contributed by atoms with Crippen molar-refractivity contribution in [3.05, 3.63) is 139 Å². The summed E-state index contributed by atoms with van der Waals surface area (Å²) in [5.41, 5.74) is 9.11. The molecule has 0 saturated heterocycles. The molecule has 3 aromatic heterocycles. The predicted molar refractivity (Wildman–Crippen MR) is 190 cm³/mol. The van der Waals surface area contributed by atoms with E-state index in [2.05, 4.69) is 146 Å². The van der Waals surface area contributed by atoms with Crippen molar-refractivity contribution in [3.8, 4) is 28.3 Å². The summed E-state index contributed by atoms with van der Waals surface area (Å²) >= 11 is 1.89. The van der Waals surface area contributed by atoms with Crippen LogP contribution in [0.1, 0.15) is 25.0 Å². The Morgan fingerprint density at radius 2 is 1.36 bits per heavy atom. The molecule has 212 valence electrons. The Hall–Kier alpha value is -5.32. The topological polar surface area (TPSA) is 30.7 Å². The maximum absolute atomic E-state index is 5.28. The van der Waals surface area contributed by atoms with Gasteiger partial charge in [0.25, 0.3) is 0 Å². The molecule has 1 aliphatic rings. The van der Waals surface area contributed by atoms with E-state index in [9.17, 15) is 0 Å². The van der Waals surface area contributed by atoms with Gasteiger partial charge in [-0.1, -0.05) is 111 Å². The first-order chi connectivity index (χ1) is 22.1. The van der Waals surface area contributed by atoms with Gasteiger partial charge < -0.3 is 4.57 Å². The lowest BCUT2D eigenvalue weighted by molar-refractivity contribution is 0.630. The van der Waals surface area contributed by atoms with Gasteiger partial charge in [0.2, 0.25) is 0 Å². The van der Waals surface area contributed by atoms with Crippen LogP contribution in [0, 0.1) is 0 Å². The monoisotopic (exact) mass is 593 g/mol. The number of aromatic nitrogens is 3. The largest absolute Gasteiger partial charge is 0.300 e. The number of hydrogen-bond acceptors (Lipinski definition) is 3. The highest BCUT2D eigenvalue weighted by molar-refractivity contribution is 7.25. The van der Waals surface area contributed by atoms with Gasteiger partial charge in [0.1, 0.15) is 4.83 Å². The van der Waals surface area contributed by atoms with Crippen LogP contribution >= 0.6 is 11.3 Å². The van der Waals surface area contributed by atoms with Gasteiger partial charge in [-0.25, -0.2) is 9.97 Å². The molecule has 0 N–H and O–H groups in total. The molecule has 0 spiro atoms. The summed E-state index contributed by atoms with van der Waals surface area (Å²) < 4.78 is 3.85. The molecule has 0 bridgehead atoms. The van der Waals surface area contributed by atoms with Crippen molar-refractivity contribution in [2.75, 3.05) is 0 Å². The highest BCUT2D eigenvalue weighted by Gasteiger charge is 2.36. The predicted octanol–water partition coefficient (Wildman–Crippen LogP) is 11.1. The van der Waals surface area contributed by atoms with E-state index in [1.807, 2.05) is 11.3 Å². The van der Waals surface area contributed by atoms with Crippen molar-refractivity contribution in [3.63, 3.8) is 0 Å². The van der Waals surface area contributed by atoms with E-state index in [1.54, 1.807) is 0 Å². The quantitative estimate of drug-likeness (QED) is 0.200. The Kier molecular flexibility index (Phi) is 4.94. The molecule has 4 heteroatoms. The highest BCUT2D eigenvalue weighted by Crippen LogP contribution is 2.51. The van der Waals surface area contributed by atoms with E-state index in [-0.39, 0.29) is 5.41 Å². The number of hydrogen-bond donors (Lipinski definition) is 0. The zero-order chi connectivity index (χ0) is 29.9. The molecule has 3 nitrogen and oxygen atoms in total. The Labute approximate surface area is 264 Å². The van der Waals surface area contributed by atoms with Gasteiger partial charge in [0, 0.05) is 42.8 Å². The first kappa shape index (κ1) is 25.1. The lowest BCUT2D eigenvalue weighted by Crippen LogP contribution is -2.26. The second-order valence-electron chi connectivity index (χ2n) is 12.6. The molecule has 0 amide bonds. The van der Waals surface area contributed by atoms with E-state index >= 15 is 0 Å². The summed E-state index contributed by atoms with van der Waals surface area (Å²) in [6.45, 7) is 4.73. The Bertz CT molecular complexity index is 2690. The smallest absolute Gasteiger partial charge is 0.160 e. The molecule has 1 aliphatic heterocycles. The standard InChI is InChI=1S/C41H27N3S/c1-41(2)31-15-9-14-30-36-29-13-6-8-17-35(29)45-40(36)44(38(30)31)34-21-20-26(23-32(34)41)37-28-12-5-7-16-33(28)42-39(43-37)27-19-18-24-10-3-4-11-25(24)22-27/h3-23H,1-2H3. The molecule has 9 aromatic rings. The fraction of sp³-hybridized carbons (Fsp3) is 0.0732. The van der Waals surface area contributed by atoms with Crippen molar-refractivity contribution in [1.82, 2.24) is 14.5 Å². The van der Waals surface area contributed by atoms with Crippen molar-refractivity contribution in [2.45, 2.75) is 19.3 Å². The fourth-order valence-corrected chi connectivity index (χ4v) is 8.79. The van der Waals surface area contributed by atoms with Crippen LogP contribution in [0.3, 0.4) is 0 Å². The minimum atomic E-state index is -0.193. The third-order valence-electron chi connectivity index (χ3n) is 9.78. The highest BCUT2D eigenvalue weighted by atomic mass is 32.1. The van der Waals surface area contributed by atoms with Crippen LogP contribution in [0.4, 0.5) is 0 Å². The SMILES string of the molecule is CC1(C)c2cc(-c3nc(-c4ccc5ccccc5c4)nc4ccccc34)ccc2-n2c3sc4ccccc4c3c3cccc1c32. The molecular weight excluding hydrogens is 567 g/mol.